The SMILES string of the molecule is CC(C)(C)OC(=O)N1Cc2cc(Cl)c(C3C=COC3)cc2C1. The van der Waals surface area contributed by atoms with Crippen molar-refractivity contribution in [2.45, 2.75) is 45.4 Å². The molecule has 1 aromatic carbocycles. The summed E-state index contributed by atoms with van der Waals surface area (Å²) in [6.07, 6.45) is 3.43. The molecule has 0 N–H and O–H groups in total. The molecule has 3 rings (SSSR count). The van der Waals surface area contributed by atoms with Crippen LogP contribution < -0.4 is 0 Å². The highest BCUT2D eigenvalue weighted by molar-refractivity contribution is 6.31. The highest BCUT2D eigenvalue weighted by atomic mass is 35.5. The lowest BCUT2D eigenvalue weighted by molar-refractivity contribution is 0.0242. The van der Waals surface area contributed by atoms with Crippen molar-refractivity contribution in [1.29, 1.82) is 0 Å². The molecule has 118 valence electrons. The maximum absolute atomic E-state index is 12.2. The van der Waals surface area contributed by atoms with Crippen LogP contribution in [0.2, 0.25) is 5.02 Å². The molecule has 0 aliphatic carbocycles. The highest BCUT2D eigenvalue weighted by Crippen LogP contribution is 2.35. The lowest BCUT2D eigenvalue weighted by atomic mass is 9.97. The first kappa shape index (κ1) is 15.2. The zero-order chi connectivity index (χ0) is 15.9. The van der Waals surface area contributed by atoms with Crippen LogP contribution >= 0.6 is 11.6 Å². The third-order valence-corrected chi connectivity index (χ3v) is 4.10. The summed E-state index contributed by atoms with van der Waals surface area (Å²) in [5.41, 5.74) is 2.79. The largest absolute Gasteiger partial charge is 0.501 e. The van der Waals surface area contributed by atoms with Gasteiger partial charge in [0.2, 0.25) is 0 Å². The third kappa shape index (κ3) is 3.07. The van der Waals surface area contributed by atoms with Crippen LogP contribution in [-0.2, 0) is 22.6 Å². The number of hydrogen-bond acceptors (Lipinski definition) is 3. The molecular weight excluding hydrogens is 302 g/mol. The number of ether oxygens (including phenoxy) is 2. The standard InChI is InChI=1S/C17H20ClNO3/c1-17(2,3)22-16(20)19-8-12-6-14(11-4-5-21-10-11)15(18)7-13(12)9-19/h4-7,11H,8-10H2,1-3H3. The Hall–Kier alpha value is -1.68. The van der Waals surface area contributed by atoms with E-state index in [0.717, 1.165) is 21.7 Å². The van der Waals surface area contributed by atoms with Gasteiger partial charge in [0.05, 0.1) is 12.9 Å². The van der Waals surface area contributed by atoms with Gasteiger partial charge in [-0.25, -0.2) is 4.79 Å². The first-order valence-corrected chi connectivity index (χ1v) is 7.79. The predicted molar refractivity (Wildman–Crippen MR) is 84.8 cm³/mol. The first-order valence-electron chi connectivity index (χ1n) is 7.41. The number of amides is 1. The van der Waals surface area contributed by atoms with Gasteiger partial charge in [0.15, 0.2) is 0 Å². The second-order valence-corrected chi connectivity index (χ2v) is 7.15. The van der Waals surface area contributed by atoms with Crippen LogP contribution in [0.25, 0.3) is 0 Å². The molecule has 2 aliphatic heterocycles. The van der Waals surface area contributed by atoms with Crippen molar-refractivity contribution in [3.05, 3.63) is 46.2 Å². The average molecular weight is 322 g/mol. The fourth-order valence-corrected chi connectivity index (χ4v) is 3.06. The second kappa shape index (κ2) is 5.51. The van der Waals surface area contributed by atoms with E-state index in [1.807, 2.05) is 32.9 Å². The summed E-state index contributed by atoms with van der Waals surface area (Å²) in [5.74, 6) is 0.188. The normalized spacial score (nSPS) is 20.0. The summed E-state index contributed by atoms with van der Waals surface area (Å²) in [6.45, 7) is 7.34. The molecule has 4 nitrogen and oxygen atoms in total. The summed E-state index contributed by atoms with van der Waals surface area (Å²) in [4.78, 5) is 13.9. The molecule has 1 unspecified atom stereocenters. The van der Waals surface area contributed by atoms with Gasteiger partial charge in [-0.05, 0) is 49.6 Å². The summed E-state index contributed by atoms with van der Waals surface area (Å²) in [5, 5.41) is 0.727. The Balaban J connectivity index is 1.79. The van der Waals surface area contributed by atoms with Crippen LogP contribution in [-0.4, -0.2) is 23.2 Å². The quantitative estimate of drug-likeness (QED) is 0.777. The zero-order valence-electron chi connectivity index (χ0n) is 13.1. The minimum Gasteiger partial charge on any atom is -0.501 e. The van der Waals surface area contributed by atoms with Crippen LogP contribution in [0.4, 0.5) is 4.79 Å². The summed E-state index contributed by atoms with van der Waals surface area (Å²) >= 11 is 6.40. The lowest BCUT2D eigenvalue weighted by Crippen LogP contribution is -2.33. The Kier molecular flexibility index (Phi) is 3.81. The number of fused-ring (bicyclic) bond motifs is 1. The second-order valence-electron chi connectivity index (χ2n) is 6.75. The Morgan fingerprint density at radius 1 is 1.32 bits per heavy atom. The maximum Gasteiger partial charge on any atom is 0.410 e. The predicted octanol–water partition coefficient (Wildman–Crippen LogP) is 4.22. The molecule has 5 heteroatoms. The Morgan fingerprint density at radius 2 is 2.00 bits per heavy atom. The van der Waals surface area contributed by atoms with Gasteiger partial charge in [-0.1, -0.05) is 17.7 Å². The van der Waals surface area contributed by atoms with Crippen LogP contribution in [0.5, 0.6) is 0 Å². The fraction of sp³-hybridized carbons (Fsp3) is 0.471. The summed E-state index contributed by atoms with van der Waals surface area (Å²) in [7, 11) is 0. The van der Waals surface area contributed by atoms with Gasteiger partial charge in [-0.2, -0.15) is 0 Å². The van der Waals surface area contributed by atoms with Gasteiger partial charge >= 0.3 is 6.09 Å². The molecule has 22 heavy (non-hydrogen) atoms. The van der Waals surface area contributed by atoms with E-state index in [1.54, 1.807) is 11.2 Å². The average Bonchev–Trinajstić information content (AvgIpc) is 3.03. The van der Waals surface area contributed by atoms with Crippen LogP contribution in [0.3, 0.4) is 0 Å². The smallest absolute Gasteiger partial charge is 0.410 e. The number of benzene rings is 1. The first-order chi connectivity index (χ1) is 10.3. The number of hydrogen-bond donors (Lipinski definition) is 0. The van der Waals surface area contributed by atoms with Crippen molar-refractivity contribution < 1.29 is 14.3 Å². The van der Waals surface area contributed by atoms with E-state index in [2.05, 4.69) is 6.07 Å². The molecule has 0 aromatic heterocycles. The number of rotatable bonds is 1. The lowest BCUT2D eigenvalue weighted by Gasteiger charge is -2.24. The molecular formula is C17H20ClNO3. The van der Waals surface area contributed by atoms with Gasteiger partial charge in [0.25, 0.3) is 0 Å². The molecule has 0 fully saturated rings. The van der Waals surface area contributed by atoms with E-state index in [4.69, 9.17) is 21.1 Å². The van der Waals surface area contributed by atoms with Gasteiger partial charge in [-0.3, -0.25) is 4.90 Å². The van der Waals surface area contributed by atoms with Crippen molar-refractivity contribution in [2.24, 2.45) is 0 Å². The number of carbonyl (C=O) groups is 1. The maximum atomic E-state index is 12.2. The minimum absolute atomic E-state index is 0.188. The molecule has 0 bridgehead atoms. The molecule has 1 amide bonds. The van der Waals surface area contributed by atoms with Crippen LogP contribution in [0, 0.1) is 0 Å². The van der Waals surface area contributed by atoms with E-state index in [-0.39, 0.29) is 12.0 Å². The molecule has 0 saturated carbocycles. The van der Waals surface area contributed by atoms with E-state index in [1.165, 1.54) is 0 Å². The van der Waals surface area contributed by atoms with Gasteiger partial charge in [-0.15, -0.1) is 0 Å². The third-order valence-electron chi connectivity index (χ3n) is 3.78. The number of nitrogens with zero attached hydrogens (tertiary/aromatic N) is 1. The van der Waals surface area contributed by atoms with Crippen molar-refractivity contribution in [1.82, 2.24) is 4.90 Å². The monoisotopic (exact) mass is 321 g/mol. The molecule has 0 radical (unpaired) electrons. The fourth-order valence-electron chi connectivity index (χ4n) is 2.74. The summed E-state index contributed by atoms with van der Waals surface area (Å²) < 4.78 is 10.7. The van der Waals surface area contributed by atoms with Crippen LogP contribution in [0.15, 0.2) is 24.5 Å². The molecule has 2 aliphatic rings. The number of halogens is 1. The minimum atomic E-state index is -0.485. The molecule has 0 spiro atoms. The van der Waals surface area contributed by atoms with E-state index < -0.39 is 5.60 Å². The van der Waals surface area contributed by atoms with E-state index in [9.17, 15) is 4.79 Å². The zero-order valence-corrected chi connectivity index (χ0v) is 13.8. The van der Waals surface area contributed by atoms with Gasteiger partial charge in [0.1, 0.15) is 5.60 Å². The molecule has 2 heterocycles. The Bertz CT molecular complexity index is 634. The van der Waals surface area contributed by atoms with Crippen molar-refractivity contribution in [2.75, 3.05) is 6.61 Å². The van der Waals surface area contributed by atoms with E-state index >= 15 is 0 Å². The Morgan fingerprint density at radius 3 is 2.59 bits per heavy atom. The molecule has 0 saturated heterocycles. The topological polar surface area (TPSA) is 38.8 Å². The number of carbonyl (C=O) groups excluding carboxylic acids is 1. The molecule has 1 atom stereocenters. The molecule has 1 aromatic rings. The van der Waals surface area contributed by atoms with Gasteiger partial charge in [0, 0.05) is 24.0 Å². The van der Waals surface area contributed by atoms with Gasteiger partial charge < -0.3 is 9.47 Å². The summed E-state index contributed by atoms with van der Waals surface area (Å²) in [6, 6.07) is 4.05. The van der Waals surface area contributed by atoms with Crippen molar-refractivity contribution in [3.8, 4) is 0 Å². The van der Waals surface area contributed by atoms with Crippen molar-refractivity contribution in [3.63, 3.8) is 0 Å². The van der Waals surface area contributed by atoms with Crippen LogP contribution in [0.1, 0.15) is 43.4 Å². The highest BCUT2D eigenvalue weighted by Gasteiger charge is 2.29. The Labute approximate surface area is 135 Å². The van der Waals surface area contributed by atoms with Crippen molar-refractivity contribution >= 4 is 17.7 Å². The van der Waals surface area contributed by atoms with E-state index in [0.29, 0.717) is 19.7 Å².